The topological polar surface area (TPSA) is 172 Å². The summed E-state index contributed by atoms with van der Waals surface area (Å²) in [6.45, 7) is 0. The molecule has 2 amide bonds. The van der Waals surface area contributed by atoms with Gasteiger partial charge in [-0.2, -0.15) is 13.2 Å². The Balaban J connectivity index is 4.84. The lowest BCUT2D eigenvalue weighted by Gasteiger charge is -2.21. The molecule has 0 rings (SSSR count). The van der Waals surface area contributed by atoms with Crippen molar-refractivity contribution in [1.29, 1.82) is 0 Å². The highest BCUT2D eigenvalue weighted by Crippen LogP contribution is 2.18. The van der Waals surface area contributed by atoms with Gasteiger partial charge in [-0.1, -0.05) is 0 Å². The van der Waals surface area contributed by atoms with Gasteiger partial charge >= 0.3 is 36.1 Å². The second kappa shape index (κ2) is 14.1. The van der Waals surface area contributed by atoms with Crippen LogP contribution in [-0.2, 0) is 38.1 Å². The van der Waals surface area contributed by atoms with Crippen LogP contribution < -0.4 is 16.4 Å². The van der Waals surface area contributed by atoms with Crippen LogP contribution in [0.1, 0.15) is 32.1 Å². The van der Waals surface area contributed by atoms with Crippen LogP contribution in [0.3, 0.4) is 0 Å². The van der Waals surface area contributed by atoms with Gasteiger partial charge in [-0.3, -0.25) is 10.5 Å². The monoisotopic (exact) mass is 473 g/mol. The summed E-state index contributed by atoms with van der Waals surface area (Å²) < 4.78 is 54.0. The molecule has 0 aromatic heterocycles. The zero-order valence-electron chi connectivity index (χ0n) is 17.7. The standard InChI is InChI=1S/C17H26F3N3O9/c1-29-12(24)8-7-10(14(26)31-3)23-16(28)22-9(13(25)30-2)5-4-6-11(21)32-15(27)17(18,19)20/h9-11H,4-8,21H2,1-3H3,(H2,22,23,28)/t9-,10-,11?/m0/s1. The van der Waals surface area contributed by atoms with Crippen LogP contribution in [-0.4, -0.2) is 75.7 Å². The molecule has 0 aliphatic carbocycles. The Kier molecular flexibility index (Phi) is 12.7. The lowest BCUT2D eigenvalue weighted by atomic mass is 10.1. The first kappa shape index (κ1) is 28.9. The van der Waals surface area contributed by atoms with E-state index in [1.807, 2.05) is 0 Å². The van der Waals surface area contributed by atoms with Crippen molar-refractivity contribution in [2.75, 3.05) is 21.3 Å². The van der Waals surface area contributed by atoms with Gasteiger partial charge in [0.05, 0.1) is 21.3 Å². The summed E-state index contributed by atoms with van der Waals surface area (Å²) in [4.78, 5) is 57.8. The number of rotatable bonds is 12. The van der Waals surface area contributed by atoms with Crippen molar-refractivity contribution in [2.45, 2.75) is 56.6 Å². The Labute approximate surface area is 181 Å². The first-order valence-corrected chi connectivity index (χ1v) is 9.18. The average Bonchev–Trinajstić information content (AvgIpc) is 2.73. The highest BCUT2D eigenvalue weighted by Gasteiger charge is 2.41. The number of alkyl halides is 3. The Hall–Kier alpha value is -3.10. The fourth-order valence-corrected chi connectivity index (χ4v) is 2.29. The minimum Gasteiger partial charge on any atom is -0.469 e. The summed E-state index contributed by atoms with van der Waals surface area (Å²) in [5.41, 5.74) is 5.30. The maximum absolute atomic E-state index is 12.2. The van der Waals surface area contributed by atoms with Crippen LogP contribution in [0.25, 0.3) is 0 Å². The van der Waals surface area contributed by atoms with Crippen molar-refractivity contribution in [2.24, 2.45) is 5.73 Å². The average molecular weight is 473 g/mol. The number of esters is 4. The number of methoxy groups -OCH3 is 3. The van der Waals surface area contributed by atoms with Crippen LogP contribution in [0.4, 0.5) is 18.0 Å². The van der Waals surface area contributed by atoms with Crippen LogP contribution in [0.15, 0.2) is 0 Å². The van der Waals surface area contributed by atoms with Gasteiger partial charge in [0, 0.05) is 6.42 Å². The van der Waals surface area contributed by atoms with Crippen molar-refractivity contribution in [3.63, 3.8) is 0 Å². The Morgan fingerprint density at radius 2 is 1.34 bits per heavy atom. The maximum Gasteiger partial charge on any atom is 0.490 e. The van der Waals surface area contributed by atoms with E-state index in [9.17, 15) is 37.1 Å². The molecule has 184 valence electrons. The number of hydrogen-bond acceptors (Lipinski definition) is 10. The SMILES string of the molecule is COC(=O)CC[C@H](NC(=O)N[C@@H](CCCC(N)OC(=O)C(F)(F)F)C(=O)OC)C(=O)OC. The van der Waals surface area contributed by atoms with Crippen molar-refractivity contribution in [3.05, 3.63) is 0 Å². The maximum atomic E-state index is 12.2. The van der Waals surface area contributed by atoms with Crippen LogP contribution in [0.2, 0.25) is 0 Å². The van der Waals surface area contributed by atoms with E-state index in [2.05, 4.69) is 29.6 Å². The Morgan fingerprint density at radius 1 is 0.844 bits per heavy atom. The third-order valence-corrected chi connectivity index (χ3v) is 3.92. The summed E-state index contributed by atoms with van der Waals surface area (Å²) in [6, 6.07) is -3.47. The van der Waals surface area contributed by atoms with Crippen LogP contribution in [0.5, 0.6) is 0 Å². The lowest BCUT2D eigenvalue weighted by Crippen LogP contribution is -2.51. The van der Waals surface area contributed by atoms with E-state index in [1.165, 1.54) is 0 Å². The van der Waals surface area contributed by atoms with Gasteiger partial charge in [0.15, 0.2) is 6.23 Å². The molecule has 4 N–H and O–H groups in total. The molecule has 15 heteroatoms. The fourth-order valence-electron chi connectivity index (χ4n) is 2.29. The summed E-state index contributed by atoms with van der Waals surface area (Å²) in [7, 11) is 3.26. The van der Waals surface area contributed by atoms with E-state index in [0.717, 1.165) is 21.3 Å². The van der Waals surface area contributed by atoms with Gasteiger partial charge in [0.2, 0.25) is 0 Å². The number of hydrogen-bond donors (Lipinski definition) is 3. The van der Waals surface area contributed by atoms with Gasteiger partial charge in [-0.25, -0.2) is 19.2 Å². The van der Waals surface area contributed by atoms with Crippen molar-refractivity contribution in [1.82, 2.24) is 10.6 Å². The summed E-state index contributed by atoms with van der Waals surface area (Å²) in [5, 5.41) is 4.48. The normalized spacial score (nSPS) is 13.7. The van der Waals surface area contributed by atoms with Crippen molar-refractivity contribution in [3.8, 4) is 0 Å². The number of amides is 2. The first-order valence-electron chi connectivity index (χ1n) is 9.18. The van der Waals surface area contributed by atoms with Gasteiger partial charge < -0.3 is 29.6 Å². The molecule has 3 atom stereocenters. The summed E-state index contributed by atoms with van der Waals surface area (Å²) in [5.74, 6) is -4.81. The molecule has 12 nitrogen and oxygen atoms in total. The van der Waals surface area contributed by atoms with E-state index in [-0.39, 0.29) is 32.1 Å². The quantitative estimate of drug-likeness (QED) is 0.197. The van der Waals surface area contributed by atoms with Gasteiger partial charge in [-0.15, -0.1) is 0 Å². The predicted molar refractivity (Wildman–Crippen MR) is 98.5 cm³/mol. The second-order valence-corrected chi connectivity index (χ2v) is 6.26. The molecule has 0 saturated heterocycles. The fraction of sp³-hybridized carbons (Fsp3) is 0.706. The number of urea groups is 1. The minimum absolute atomic E-state index is 0.0326. The number of nitrogens with one attached hydrogen (secondary N) is 2. The summed E-state index contributed by atoms with van der Waals surface area (Å²) >= 11 is 0. The van der Waals surface area contributed by atoms with E-state index in [1.54, 1.807) is 0 Å². The molecule has 0 aliphatic heterocycles. The van der Waals surface area contributed by atoms with Crippen molar-refractivity contribution >= 4 is 29.9 Å². The lowest BCUT2D eigenvalue weighted by molar-refractivity contribution is -0.205. The number of carbonyl (C=O) groups excluding carboxylic acids is 5. The van der Waals surface area contributed by atoms with Crippen LogP contribution in [0, 0.1) is 0 Å². The third-order valence-electron chi connectivity index (χ3n) is 3.92. The molecule has 0 heterocycles. The molecule has 0 fully saturated rings. The molecule has 0 bridgehead atoms. The second-order valence-electron chi connectivity index (χ2n) is 6.26. The molecular formula is C17H26F3N3O9. The molecule has 0 aromatic rings. The van der Waals surface area contributed by atoms with E-state index in [0.29, 0.717) is 0 Å². The zero-order valence-corrected chi connectivity index (χ0v) is 17.7. The molecule has 0 radical (unpaired) electrons. The Bertz CT molecular complexity index is 673. The third kappa shape index (κ3) is 11.3. The number of carbonyl (C=O) groups is 5. The molecular weight excluding hydrogens is 447 g/mol. The van der Waals surface area contributed by atoms with Crippen molar-refractivity contribution < 1.29 is 56.1 Å². The molecule has 0 aliphatic rings. The molecule has 0 saturated carbocycles. The van der Waals surface area contributed by atoms with E-state index < -0.39 is 54.4 Å². The van der Waals surface area contributed by atoms with Gasteiger partial charge in [-0.05, 0) is 25.7 Å². The highest BCUT2D eigenvalue weighted by atomic mass is 19.4. The minimum atomic E-state index is -5.20. The smallest absolute Gasteiger partial charge is 0.469 e. The molecule has 0 aromatic carbocycles. The predicted octanol–water partition coefficient (Wildman–Crippen LogP) is -0.117. The number of ether oxygens (including phenoxy) is 4. The molecule has 32 heavy (non-hydrogen) atoms. The highest BCUT2D eigenvalue weighted by molar-refractivity contribution is 5.87. The number of nitrogens with two attached hydrogens (primary N) is 1. The Morgan fingerprint density at radius 3 is 1.78 bits per heavy atom. The molecule has 1 unspecified atom stereocenters. The van der Waals surface area contributed by atoms with Crippen LogP contribution >= 0.6 is 0 Å². The first-order chi connectivity index (χ1) is 14.8. The largest absolute Gasteiger partial charge is 0.490 e. The summed E-state index contributed by atoms with van der Waals surface area (Å²) in [6.07, 6.45) is -7.55. The van der Waals surface area contributed by atoms with E-state index in [4.69, 9.17) is 5.73 Å². The van der Waals surface area contributed by atoms with E-state index >= 15 is 0 Å². The number of halogens is 3. The van der Waals surface area contributed by atoms with Gasteiger partial charge in [0.25, 0.3) is 0 Å². The van der Waals surface area contributed by atoms with Gasteiger partial charge in [0.1, 0.15) is 12.1 Å². The molecule has 0 spiro atoms. The zero-order chi connectivity index (χ0) is 24.9.